The molecule has 152 valence electrons. The third kappa shape index (κ3) is 4.22. The third-order valence-corrected chi connectivity index (χ3v) is 5.69. The Morgan fingerprint density at radius 2 is 1.52 bits per heavy atom. The van der Waals surface area contributed by atoms with Gasteiger partial charge >= 0.3 is 0 Å². The number of nitrogens with one attached hydrogen (secondary N) is 1. The van der Waals surface area contributed by atoms with Gasteiger partial charge in [0.05, 0.1) is 0 Å². The molecular weight excluding hydrogens is 378 g/mol. The summed E-state index contributed by atoms with van der Waals surface area (Å²) < 4.78 is 0. The Labute approximate surface area is 183 Å². The molecule has 0 aliphatic rings. The second kappa shape index (κ2) is 8.90. The van der Waals surface area contributed by atoms with Gasteiger partial charge in [-0.1, -0.05) is 103 Å². The molecule has 0 saturated carbocycles. The molecule has 0 unspecified atom stereocenters. The molecule has 1 amide bonds. The highest BCUT2D eigenvalue weighted by molar-refractivity contribution is 6.07. The molecule has 2 nitrogen and oxygen atoms in total. The van der Waals surface area contributed by atoms with Crippen molar-refractivity contribution in [2.75, 3.05) is 5.32 Å². The van der Waals surface area contributed by atoms with Crippen molar-refractivity contribution in [2.24, 2.45) is 0 Å². The van der Waals surface area contributed by atoms with E-state index in [2.05, 4.69) is 24.1 Å². The Morgan fingerprint density at radius 1 is 0.839 bits per heavy atom. The van der Waals surface area contributed by atoms with E-state index in [1.165, 1.54) is 5.56 Å². The van der Waals surface area contributed by atoms with Crippen LogP contribution in [-0.4, -0.2) is 5.91 Å². The number of amides is 1. The molecule has 31 heavy (non-hydrogen) atoms. The highest BCUT2D eigenvalue weighted by Crippen LogP contribution is 2.31. The van der Waals surface area contributed by atoms with Gasteiger partial charge in [-0.15, -0.1) is 0 Å². The van der Waals surface area contributed by atoms with E-state index < -0.39 is 5.41 Å². The molecule has 4 aromatic carbocycles. The molecule has 0 aliphatic heterocycles. The molecule has 0 fully saturated rings. The number of fused-ring (bicyclic) bond motifs is 1. The zero-order valence-electron chi connectivity index (χ0n) is 17.9. The SMILES string of the molecule is CC[C@](C#Cc1ccc(C)cc1)(C(=O)Nc1cccc2ccccc12)c1ccccc1. The van der Waals surface area contributed by atoms with Crippen molar-refractivity contribution in [3.8, 4) is 11.8 Å². The highest BCUT2D eigenvalue weighted by Gasteiger charge is 2.37. The molecule has 0 heterocycles. The molecule has 0 saturated heterocycles. The highest BCUT2D eigenvalue weighted by atomic mass is 16.2. The van der Waals surface area contributed by atoms with Crippen LogP contribution < -0.4 is 5.32 Å². The molecule has 0 aromatic heterocycles. The van der Waals surface area contributed by atoms with Gasteiger partial charge in [0.1, 0.15) is 5.41 Å². The van der Waals surface area contributed by atoms with Crippen LogP contribution in [0.1, 0.15) is 30.0 Å². The largest absolute Gasteiger partial charge is 0.324 e. The van der Waals surface area contributed by atoms with Gasteiger partial charge in [0, 0.05) is 16.6 Å². The van der Waals surface area contributed by atoms with Crippen molar-refractivity contribution in [1.82, 2.24) is 0 Å². The number of hydrogen-bond donors (Lipinski definition) is 1. The number of benzene rings is 4. The number of aryl methyl sites for hydroxylation is 1. The van der Waals surface area contributed by atoms with Crippen LogP contribution in [0.3, 0.4) is 0 Å². The third-order valence-electron chi connectivity index (χ3n) is 5.69. The first-order valence-corrected chi connectivity index (χ1v) is 10.6. The van der Waals surface area contributed by atoms with Crippen molar-refractivity contribution >= 4 is 22.4 Å². The van der Waals surface area contributed by atoms with Crippen molar-refractivity contribution in [3.05, 3.63) is 114 Å². The van der Waals surface area contributed by atoms with Crippen molar-refractivity contribution in [2.45, 2.75) is 25.7 Å². The van der Waals surface area contributed by atoms with Gasteiger partial charge in [0.2, 0.25) is 5.91 Å². The summed E-state index contributed by atoms with van der Waals surface area (Å²) in [6.07, 6.45) is 0.562. The van der Waals surface area contributed by atoms with Gasteiger partial charge in [0.25, 0.3) is 0 Å². The number of carbonyl (C=O) groups excluding carboxylic acids is 1. The fourth-order valence-corrected chi connectivity index (χ4v) is 3.81. The second-order valence-electron chi connectivity index (χ2n) is 7.72. The maximum absolute atomic E-state index is 13.8. The van der Waals surface area contributed by atoms with Crippen LogP contribution in [0.5, 0.6) is 0 Å². The van der Waals surface area contributed by atoms with E-state index in [-0.39, 0.29) is 5.91 Å². The number of rotatable bonds is 4. The number of anilines is 1. The summed E-state index contributed by atoms with van der Waals surface area (Å²) in [5.74, 6) is 6.48. The lowest BCUT2D eigenvalue weighted by Crippen LogP contribution is -2.39. The Hall–Kier alpha value is -3.83. The molecule has 1 N–H and O–H groups in total. The fourth-order valence-electron chi connectivity index (χ4n) is 3.81. The predicted octanol–water partition coefficient (Wildman–Crippen LogP) is 6.49. The van der Waals surface area contributed by atoms with Crippen molar-refractivity contribution in [1.29, 1.82) is 0 Å². The molecular formula is C29H25NO. The van der Waals surface area contributed by atoms with Gasteiger partial charge < -0.3 is 5.32 Å². The van der Waals surface area contributed by atoms with E-state index >= 15 is 0 Å². The summed E-state index contributed by atoms with van der Waals surface area (Å²) in [5.41, 5.74) is 2.83. The van der Waals surface area contributed by atoms with Crippen LogP contribution in [0.15, 0.2) is 97.1 Å². The first kappa shape index (κ1) is 20.4. The number of carbonyl (C=O) groups is 1. The Kier molecular flexibility index (Phi) is 5.87. The summed E-state index contributed by atoms with van der Waals surface area (Å²) in [6, 6.07) is 31.9. The van der Waals surface area contributed by atoms with Crippen LogP contribution in [0.4, 0.5) is 5.69 Å². The van der Waals surface area contributed by atoms with Crippen LogP contribution >= 0.6 is 0 Å². The van der Waals surface area contributed by atoms with Gasteiger partial charge in [-0.05, 0) is 42.5 Å². The van der Waals surface area contributed by atoms with Crippen LogP contribution in [-0.2, 0) is 10.2 Å². The van der Waals surface area contributed by atoms with Crippen LogP contribution in [0.2, 0.25) is 0 Å². The molecule has 0 spiro atoms. The minimum Gasteiger partial charge on any atom is -0.324 e. The standard InChI is InChI=1S/C29H25NO/c1-3-29(25-12-5-4-6-13-25,21-20-23-18-16-22(2)17-19-23)28(31)30-27-15-9-11-24-10-7-8-14-26(24)27/h4-19H,3H2,1-2H3,(H,30,31)/t29-/m1/s1. The van der Waals surface area contributed by atoms with E-state index in [4.69, 9.17) is 0 Å². The minimum atomic E-state index is -0.955. The quantitative estimate of drug-likeness (QED) is 0.388. The minimum absolute atomic E-state index is 0.114. The van der Waals surface area contributed by atoms with Crippen LogP contribution in [0.25, 0.3) is 10.8 Å². The summed E-state index contributed by atoms with van der Waals surface area (Å²) in [5, 5.41) is 5.29. The Bertz CT molecular complexity index is 1260. The van der Waals surface area contributed by atoms with Gasteiger partial charge in [0.15, 0.2) is 0 Å². The van der Waals surface area contributed by atoms with Gasteiger partial charge in [-0.3, -0.25) is 4.79 Å². The zero-order valence-corrected chi connectivity index (χ0v) is 17.9. The van der Waals surface area contributed by atoms with Crippen LogP contribution in [0, 0.1) is 18.8 Å². The Balaban J connectivity index is 1.78. The van der Waals surface area contributed by atoms with Gasteiger partial charge in [-0.2, -0.15) is 0 Å². The zero-order chi connectivity index (χ0) is 21.7. The van der Waals surface area contributed by atoms with Gasteiger partial charge in [-0.25, -0.2) is 0 Å². The van der Waals surface area contributed by atoms with E-state index in [1.807, 2.05) is 104 Å². The average molecular weight is 404 g/mol. The first-order chi connectivity index (χ1) is 15.1. The molecule has 4 rings (SSSR count). The lowest BCUT2D eigenvalue weighted by Gasteiger charge is -2.27. The normalized spacial score (nSPS) is 12.5. The molecule has 2 heteroatoms. The van der Waals surface area contributed by atoms with E-state index in [0.29, 0.717) is 6.42 Å². The fraction of sp³-hybridized carbons (Fsp3) is 0.138. The van der Waals surface area contributed by atoms with E-state index in [1.54, 1.807) is 0 Å². The monoisotopic (exact) mass is 403 g/mol. The molecule has 0 aliphatic carbocycles. The summed E-state index contributed by atoms with van der Waals surface area (Å²) in [7, 11) is 0. The summed E-state index contributed by atoms with van der Waals surface area (Å²) >= 11 is 0. The first-order valence-electron chi connectivity index (χ1n) is 10.6. The smallest absolute Gasteiger partial charge is 0.247 e. The molecule has 1 atom stereocenters. The van der Waals surface area contributed by atoms with E-state index in [0.717, 1.165) is 27.6 Å². The number of hydrogen-bond acceptors (Lipinski definition) is 1. The second-order valence-corrected chi connectivity index (χ2v) is 7.72. The maximum atomic E-state index is 13.8. The van der Waals surface area contributed by atoms with E-state index in [9.17, 15) is 4.79 Å². The average Bonchev–Trinajstić information content (AvgIpc) is 2.82. The predicted molar refractivity (Wildman–Crippen MR) is 129 cm³/mol. The summed E-state index contributed by atoms with van der Waals surface area (Å²) in [4.78, 5) is 13.8. The maximum Gasteiger partial charge on any atom is 0.247 e. The topological polar surface area (TPSA) is 29.1 Å². The summed E-state index contributed by atoms with van der Waals surface area (Å²) in [6.45, 7) is 4.06. The van der Waals surface area contributed by atoms with Crippen molar-refractivity contribution in [3.63, 3.8) is 0 Å². The molecule has 4 aromatic rings. The lowest BCUT2D eigenvalue weighted by atomic mass is 9.77. The van der Waals surface area contributed by atoms with Crippen molar-refractivity contribution < 1.29 is 4.79 Å². The molecule has 0 bridgehead atoms. The Morgan fingerprint density at radius 3 is 2.26 bits per heavy atom. The molecule has 0 radical (unpaired) electrons. The lowest BCUT2D eigenvalue weighted by molar-refractivity contribution is -0.119.